The molecule has 3 aromatic carbocycles. The molecular weight excluding hydrogens is 662 g/mol. The second-order valence-corrected chi connectivity index (χ2v) is 16.3. The summed E-state index contributed by atoms with van der Waals surface area (Å²) >= 11 is 1.40. The number of ether oxygens (including phenoxy) is 3. The number of aromatic nitrogens is 1. The third-order valence-corrected chi connectivity index (χ3v) is 12.3. The third-order valence-electron chi connectivity index (χ3n) is 8.94. The number of carbonyl (C=O) groups excluding carboxylic acids is 3. The number of halogens is 1. The molecule has 0 saturated carbocycles. The summed E-state index contributed by atoms with van der Waals surface area (Å²) in [7, 11) is -2.16. The molecule has 2 N–H and O–H groups in total. The van der Waals surface area contributed by atoms with Crippen LogP contribution in [0.1, 0.15) is 25.0 Å². The molecule has 4 aromatic rings. The van der Waals surface area contributed by atoms with Crippen LogP contribution in [-0.4, -0.2) is 77.8 Å². The molecule has 0 bridgehead atoms. The van der Waals surface area contributed by atoms with E-state index in [4.69, 9.17) is 14.2 Å². The highest BCUT2D eigenvalue weighted by Crippen LogP contribution is 2.51. The Labute approximate surface area is 280 Å². The predicted molar refractivity (Wildman–Crippen MR) is 176 cm³/mol. The van der Waals surface area contributed by atoms with E-state index in [1.165, 1.54) is 34.9 Å². The minimum absolute atomic E-state index is 0.0389. The van der Waals surface area contributed by atoms with Crippen LogP contribution in [-0.2, 0) is 42.0 Å². The average molecular weight is 694 g/mol. The maximum atomic E-state index is 14.0. The molecule has 2 saturated heterocycles. The van der Waals surface area contributed by atoms with E-state index in [1.807, 2.05) is 13.8 Å². The van der Waals surface area contributed by atoms with Gasteiger partial charge in [0.1, 0.15) is 41.4 Å². The number of H-pyrrole nitrogens is 1. The van der Waals surface area contributed by atoms with Crippen molar-refractivity contribution in [2.24, 2.45) is 0 Å². The number of nitrogens with zero attached hydrogens (tertiary/aromatic N) is 1. The number of esters is 1. The van der Waals surface area contributed by atoms with Crippen molar-refractivity contribution < 1.29 is 41.4 Å². The van der Waals surface area contributed by atoms with Gasteiger partial charge >= 0.3 is 5.97 Å². The molecule has 0 aliphatic carbocycles. The van der Waals surface area contributed by atoms with Gasteiger partial charge in [-0.05, 0) is 79.9 Å². The largest absolute Gasteiger partial charge is 0.497 e. The Kier molecular flexibility index (Phi) is 7.90. The highest BCUT2D eigenvalue weighted by atomic mass is 32.2. The molecule has 7 rings (SSSR count). The van der Waals surface area contributed by atoms with Gasteiger partial charge < -0.3 is 29.4 Å². The summed E-state index contributed by atoms with van der Waals surface area (Å²) in [6.45, 7) is 3.28. The molecule has 11 nitrogen and oxygen atoms in total. The molecule has 3 aliphatic rings. The fraction of sp³-hybridized carbons (Fsp3) is 0.324. The number of aromatic amines is 1. The Bertz CT molecular complexity index is 2080. The number of thioether (sulfide) groups is 1. The van der Waals surface area contributed by atoms with E-state index in [0.29, 0.717) is 27.9 Å². The zero-order valence-corrected chi connectivity index (χ0v) is 27.9. The molecule has 0 radical (unpaired) electrons. The number of benzene rings is 3. The molecule has 3 aliphatic heterocycles. The maximum absolute atomic E-state index is 14.0. The van der Waals surface area contributed by atoms with Gasteiger partial charge in [-0.1, -0.05) is 12.1 Å². The molecule has 2 amide bonds. The van der Waals surface area contributed by atoms with Crippen molar-refractivity contribution in [1.82, 2.24) is 15.2 Å². The van der Waals surface area contributed by atoms with Gasteiger partial charge in [0.15, 0.2) is 16.4 Å². The fourth-order valence-corrected chi connectivity index (χ4v) is 9.67. The molecule has 48 heavy (non-hydrogen) atoms. The van der Waals surface area contributed by atoms with E-state index in [9.17, 15) is 27.2 Å². The average Bonchev–Trinajstić information content (AvgIpc) is 3.51. The van der Waals surface area contributed by atoms with Crippen molar-refractivity contribution in [2.75, 3.05) is 19.5 Å². The smallest absolute Gasteiger partial charge is 0.330 e. The van der Waals surface area contributed by atoms with Crippen LogP contribution in [0, 0.1) is 5.82 Å². The number of β-lactam (4-membered cyclic amide) rings is 1. The molecule has 4 heterocycles. The number of sulfone groups is 1. The first-order chi connectivity index (χ1) is 22.9. The molecular formula is C34H32FN3O8S2. The summed E-state index contributed by atoms with van der Waals surface area (Å²) in [4.78, 5) is 44.0. The van der Waals surface area contributed by atoms with Crippen LogP contribution in [0.3, 0.4) is 0 Å². The Hall–Kier alpha value is -4.56. The number of nitrogens with one attached hydrogen (secondary N) is 2. The summed E-state index contributed by atoms with van der Waals surface area (Å²) in [5.74, 6) is -1.24. The number of hydrogen-bond acceptors (Lipinski definition) is 9. The standard InChI is InChI=1S/C34H32FN3O8S2/c1-34(2)30(33(41)46-16-18-4-7-20(44-3)8-5-18)38-31(40)29(32(38)47-34)37-27(39)17-45-21-9-10-23-26(15-21)48(42,43)13-12-22-24-14-19(35)6-11-25(24)36-28(22)23/h4-11,14-15,29-30,32,36H,12-13,16-17H2,1-3H3,(H,37,39). The SMILES string of the molecule is COc1ccc(COC(=O)C2N3C(=O)C(NC(=O)COc4ccc5c(c4)S(=O)(=O)CCc4c-5[nH]c5ccc(F)cc45)C3SC2(C)C)cc1. The van der Waals surface area contributed by atoms with Gasteiger partial charge in [0.05, 0.1) is 23.5 Å². The number of fused-ring (bicyclic) bond motifs is 6. The van der Waals surface area contributed by atoms with Crippen molar-refractivity contribution in [3.63, 3.8) is 0 Å². The quantitative estimate of drug-likeness (QED) is 0.207. The second kappa shape index (κ2) is 11.8. The predicted octanol–water partition coefficient (Wildman–Crippen LogP) is 3.98. The number of amides is 2. The highest BCUT2D eigenvalue weighted by molar-refractivity contribution is 8.01. The number of methoxy groups -OCH3 is 1. The van der Waals surface area contributed by atoms with Crippen LogP contribution in [0.5, 0.6) is 11.5 Å². The number of carbonyl (C=O) groups is 3. The van der Waals surface area contributed by atoms with Gasteiger partial charge in [0.2, 0.25) is 5.91 Å². The van der Waals surface area contributed by atoms with Gasteiger partial charge in [-0.2, -0.15) is 0 Å². The first-order valence-corrected chi connectivity index (χ1v) is 17.8. The zero-order chi connectivity index (χ0) is 34.0. The first kappa shape index (κ1) is 32.0. The zero-order valence-electron chi connectivity index (χ0n) is 26.2. The molecule has 14 heteroatoms. The summed E-state index contributed by atoms with van der Waals surface area (Å²) < 4.78 is 56.2. The van der Waals surface area contributed by atoms with Gasteiger partial charge in [0, 0.05) is 21.2 Å². The van der Waals surface area contributed by atoms with Gasteiger partial charge in [-0.25, -0.2) is 17.6 Å². The van der Waals surface area contributed by atoms with Crippen LogP contribution in [0.15, 0.2) is 65.6 Å². The highest BCUT2D eigenvalue weighted by Gasteiger charge is 2.64. The van der Waals surface area contributed by atoms with Crippen LogP contribution in [0.4, 0.5) is 4.39 Å². The minimum Gasteiger partial charge on any atom is -0.497 e. The van der Waals surface area contributed by atoms with Crippen molar-refractivity contribution in [1.29, 1.82) is 0 Å². The van der Waals surface area contributed by atoms with Gasteiger partial charge in [0.25, 0.3) is 5.91 Å². The van der Waals surface area contributed by atoms with E-state index < -0.39 is 62.2 Å². The van der Waals surface area contributed by atoms with E-state index in [1.54, 1.807) is 49.6 Å². The van der Waals surface area contributed by atoms with E-state index in [-0.39, 0.29) is 29.4 Å². The lowest BCUT2D eigenvalue weighted by molar-refractivity contribution is -0.165. The molecule has 2 fully saturated rings. The minimum atomic E-state index is -3.72. The van der Waals surface area contributed by atoms with Crippen LogP contribution >= 0.6 is 11.8 Å². The Morgan fingerprint density at radius 1 is 1.08 bits per heavy atom. The fourth-order valence-electron chi connectivity index (χ4n) is 6.56. The lowest BCUT2D eigenvalue weighted by atomic mass is 9.96. The summed E-state index contributed by atoms with van der Waals surface area (Å²) in [5, 5.41) is 2.87. The third kappa shape index (κ3) is 5.56. The van der Waals surface area contributed by atoms with Gasteiger partial charge in [-0.15, -0.1) is 11.8 Å². The molecule has 1 aromatic heterocycles. The number of hydrogen-bond donors (Lipinski definition) is 2. The first-order valence-electron chi connectivity index (χ1n) is 15.3. The van der Waals surface area contributed by atoms with Crippen LogP contribution in [0.25, 0.3) is 22.2 Å². The molecule has 3 unspecified atom stereocenters. The Morgan fingerprint density at radius 3 is 2.58 bits per heavy atom. The van der Waals surface area contributed by atoms with Crippen molar-refractivity contribution in [2.45, 2.75) is 54.0 Å². The van der Waals surface area contributed by atoms with Crippen LogP contribution < -0.4 is 14.8 Å². The summed E-state index contributed by atoms with van der Waals surface area (Å²) in [5.41, 5.74) is 3.24. The van der Waals surface area contributed by atoms with E-state index >= 15 is 0 Å². The van der Waals surface area contributed by atoms with Gasteiger partial charge in [-0.3, -0.25) is 9.59 Å². The maximum Gasteiger partial charge on any atom is 0.330 e. The lowest BCUT2D eigenvalue weighted by Crippen LogP contribution is -2.71. The van der Waals surface area contributed by atoms with E-state index in [0.717, 1.165) is 11.1 Å². The summed E-state index contributed by atoms with van der Waals surface area (Å²) in [6.07, 6.45) is 0.206. The summed E-state index contributed by atoms with van der Waals surface area (Å²) in [6, 6.07) is 14.3. The number of aryl methyl sites for hydroxylation is 1. The Morgan fingerprint density at radius 2 is 1.83 bits per heavy atom. The Balaban J connectivity index is 0.998. The topological polar surface area (TPSA) is 144 Å². The molecule has 250 valence electrons. The normalized spacial score (nSPS) is 21.7. The van der Waals surface area contributed by atoms with Crippen molar-refractivity contribution >= 4 is 50.3 Å². The second-order valence-electron chi connectivity index (χ2n) is 12.4. The van der Waals surface area contributed by atoms with Crippen molar-refractivity contribution in [3.8, 4) is 22.8 Å². The van der Waals surface area contributed by atoms with Crippen LogP contribution in [0.2, 0.25) is 0 Å². The molecule has 3 atom stereocenters. The number of rotatable bonds is 8. The lowest BCUT2D eigenvalue weighted by Gasteiger charge is -2.43. The van der Waals surface area contributed by atoms with E-state index in [2.05, 4.69) is 10.3 Å². The molecule has 0 spiro atoms. The van der Waals surface area contributed by atoms with Crippen molar-refractivity contribution in [3.05, 3.63) is 77.6 Å². The monoisotopic (exact) mass is 693 g/mol.